The molecule has 1 aliphatic heterocycles. The van der Waals surface area contributed by atoms with Crippen molar-refractivity contribution in [3.8, 4) is 0 Å². The molecule has 1 heterocycles. The van der Waals surface area contributed by atoms with Crippen LogP contribution in [0.4, 0.5) is 0 Å². The van der Waals surface area contributed by atoms with Crippen LogP contribution in [0.15, 0.2) is 43.0 Å². The summed E-state index contributed by atoms with van der Waals surface area (Å²) in [6, 6.07) is 7.77. The number of rotatable bonds is 14. The number of fused-ring (bicyclic) bond motifs is 1. The van der Waals surface area contributed by atoms with Crippen LogP contribution in [-0.4, -0.2) is 59.5 Å². The fourth-order valence-electron chi connectivity index (χ4n) is 7.14. The van der Waals surface area contributed by atoms with Crippen LogP contribution in [0.5, 0.6) is 0 Å². The molecule has 3 fully saturated rings. The van der Waals surface area contributed by atoms with Gasteiger partial charge in [0.15, 0.2) is 0 Å². The Kier molecular flexibility index (Phi) is 10.8. The topological polar surface area (TPSA) is 125 Å². The number of carbonyl (C=O) groups is 5. The lowest BCUT2D eigenvalue weighted by atomic mass is 9.80. The Morgan fingerprint density at radius 1 is 1.05 bits per heavy atom. The van der Waals surface area contributed by atoms with Gasteiger partial charge in [0.1, 0.15) is 6.04 Å². The van der Waals surface area contributed by atoms with Crippen molar-refractivity contribution in [1.29, 1.82) is 0 Å². The molecule has 0 aromatic heterocycles. The number of Topliss-reactive ketones (excluding diaryl/α,β-unsaturated/α-hetero) is 1. The highest BCUT2D eigenvalue weighted by molar-refractivity contribution is 6.38. The summed E-state index contributed by atoms with van der Waals surface area (Å²) in [5.74, 6) is -1.77. The molecule has 1 unspecified atom stereocenters. The average Bonchev–Trinajstić information content (AvgIpc) is 3.32. The van der Waals surface area contributed by atoms with Gasteiger partial charge in [0, 0.05) is 32.0 Å². The molecule has 0 radical (unpaired) electrons. The van der Waals surface area contributed by atoms with Crippen molar-refractivity contribution in [3.05, 3.63) is 48.6 Å². The van der Waals surface area contributed by atoms with Crippen molar-refractivity contribution < 1.29 is 24.0 Å². The summed E-state index contributed by atoms with van der Waals surface area (Å²) in [4.78, 5) is 67.5. The summed E-state index contributed by atoms with van der Waals surface area (Å²) in [5.41, 5.74) is 0.897. The second-order valence-corrected chi connectivity index (χ2v) is 13.1. The lowest BCUT2D eigenvalue weighted by Gasteiger charge is -2.35. The zero-order valence-corrected chi connectivity index (χ0v) is 25.9. The monoisotopic (exact) mass is 592 g/mol. The van der Waals surface area contributed by atoms with Crippen LogP contribution in [0.3, 0.4) is 0 Å². The molecule has 9 heteroatoms. The van der Waals surface area contributed by atoms with Crippen LogP contribution in [0, 0.1) is 29.1 Å². The summed E-state index contributed by atoms with van der Waals surface area (Å²) < 4.78 is 0. The normalized spacial score (nSPS) is 23.8. The van der Waals surface area contributed by atoms with Crippen molar-refractivity contribution in [2.24, 2.45) is 29.1 Å². The lowest BCUT2D eigenvalue weighted by Crippen LogP contribution is -2.56. The molecule has 1 aromatic carbocycles. The summed E-state index contributed by atoms with van der Waals surface area (Å²) in [6.07, 6.45) is 7.86. The minimum atomic E-state index is -1.05. The van der Waals surface area contributed by atoms with E-state index in [0.29, 0.717) is 25.4 Å². The Balaban J connectivity index is 1.34. The van der Waals surface area contributed by atoms with Gasteiger partial charge in [-0.15, -0.1) is 6.58 Å². The zero-order valence-electron chi connectivity index (χ0n) is 25.9. The highest BCUT2D eigenvalue weighted by atomic mass is 16.2. The predicted molar refractivity (Wildman–Crippen MR) is 164 cm³/mol. The third kappa shape index (κ3) is 7.73. The van der Waals surface area contributed by atoms with Crippen LogP contribution in [-0.2, 0) is 30.5 Å². The standard InChI is InChI=1S/C34H48N4O5/c1-5-6-17-26(30(40)32(42)35-19-18-27(39)36-20-23-13-9-7-10-14-23)37-31(41)29-28-25(34(28,3)4)21-38(29)33(43)22(2)24-15-11-8-12-16-24/h5,7,9-10,13-14,22,24-26,28-29H,1,6,8,11-12,15-21H2,2-4H3,(H,35,42)(H,36,39)(H,37,41)/t22-,25-,26?,28-,29-/m0/s1. The van der Waals surface area contributed by atoms with Gasteiger partial charge in [-0.1, -0.05) is 76.4 Å². The van der Waals surface area contributed by atoms with Crippen molar-refractivity contribution in [2.75, 3.05) is 13.1 Å². The van der Waals surface area contributed by atoms with Gasteiger partial charge in [-0.05, 0) is 54.4 Å². The molecule has 4 rings (SSSR count). The molecule has 1 aromatic rings. The molecule has 0 bridgehead atoms. The number of benzene rings is 1. The van der Waals surface area contributed by atoms with E-state index in [1.165, 1.54) is 6.42 Å². The highest BCUT2D eigenvalue weighted by Gasteiger charge is 2.69. The molecular formula is C34H48N4O5. The van der Waals surface area contributed by atoms with Crippen molar-refractivity contribution in [3.63, 3.8) is 0 Å². The number of amides is 4. The fourth-order valence-corrected chi connectivity index (χ4v) is 7.14. The van der Waals surface area contributed by atoms with Gasteiger partial charge in [-0.3, -0.25) is 24.0 Å². The number of nitrogens with zero attached hydrogens (tertiary/aromatic N) is 1. The van der Waals surface area contributed by atoms with E-state index in [1.807, 2.05) is 37.3 Å². The number of hydrogen-bond acceptors (Lipinski definition) is 5. The lowest BCUT2D eigenvalue weighted by molar-refractivity contribution is -0.146. The molecule has 5 atom stereocenters. The SMILES string of the molecule is C=CCCC(NC(=O)[C@@H]1[C@@H]2[C@H](CN1C(=O)[C@@H](C)C1CCCCC1)C2(C)C)C(=O)C(=O)NCCC(=O)NCc1ccccc1. The molecule has 0 spiro atoms. The minimum Gasteiger partial charge on any atom is -0.352 e. The average molecular weight is 593 g/mol. The maximum atomic E-state index is 13.8. The van der Waals surface area contributed by atoms with E-state index >= 15 is 0 Å². The fraction of sp³-hybridized carbons (Fsp3) is 0.618. The summed E-state index contributed by atoms with van der Waals surface area (Å²) in [7, 11) is 0. The van der Waals surface area contributed by atoms with E-state index in [-0.39, 0.29) is 60.3 Å². The van der Waals surface area contributed by atoms with Gasteiger partial charge in [0.25, 0.3) is 5.91 Å². The first kappa shape index (κ1) is 32.4. The van der Waals surface area contributed by atoms with Crippen molar-refractivity contribution in [2.45, 2.75) is 90.8 Å². The number of carbonyl (C=O) groups excluding carboxylic acids is 5. The maximum absolute atomic E-state index is 13.8. The Labute approximate surface area is 255 Å². The van der Waals surface area contributed by atoms with Gasteiger partial charge < -0.3 is 20.9 Å². The minimum absolute atomic E-state index is 0.00474. The second kappa shape index (κ2) is 14.3. The first-order valence-electron chi connectivity index (χ1n) is 15.9. The van der Waals surface area contributed by atoms with Gasteiger partial charge in [0.2, 0.25) is 23.5 Å². The first-order valence-corrected chi connectivity index (χ1v) is 15.9. The zero-order chi connectivity index (χ0) is 31.1. The molecule has 2 aliphatic carbocycles. The van der Waals surface area contributed by atoms with E-state index < -0.39 is 23.8 Å². The van der Waals surface area contributed by atoms with E-state index in [4.69, 9.17) is 0 Å². The third-order valence-corrected chi connectivity index (χ3v) is 9.99. The molecule has 3 N–H and O–H groups in total. The van der Waals surface area contributed by atoms with E-state index in [1.54, 1.807) is 11.0 Å². The van der Waals surface area contributed by atoms with E-state index in [2.05, 4.69) is 36.4 Å². The van der Waals surface area contributed by atoms with Crippen molar-refractivity contribution in [1.82, 2.24) is 20.9 Å². The summed E-state index contributed by atoms with van der Waals surface area (Å²) >= 11 is 0. The van der Waals surface area contributed by atoms with Gasteiger partial charge in [0.05, 0.1) is 6.04 Å². The largest absolute Gasteiger partial charge is 0.352 e. The predicted octanol–water partition coefficient (Wildman–Crippen LogP) is 3.53. The van der Waals surface area contributed by atoms with Gasteiger partial charge >= 0.3 is 0 Å². The van der Waals surface area contributed by atoms with Gasteiger partial charge in [-0.2, -0.15) is 0 Å². The third-order valence-electron chi connectivity index (χ3n) is 9.99. The Morgan fingerprint density at radius 3 is 2.42 bits per heavy atom. The molecule has 2 saturated carbocycles. The Morgan fingerprint density at radius 2 is 1.74 bits per heavy atom. The molecule has 1 saturated heterocycles. The summed E-state index contributed by atoms with van der Waals surface area (Å²) in [6.45, 7) is 10.9. The first-order chi connectivity index (χ1) is 20.6. The highest BCUT2D eigenvalue weighted by Crippen LogP contribution is 2.65. The number of ketones is 1. The van der Waals surface area contributed by atoms with Crippen LogP contribution < -0.4 is 16.0 Å². The summed E-state index contributed by atoms with van der Waals surface area (Å²) in [5, 5.41) is 8.16. The number of hydrogen-bond donors (Lipinski definition) is 3. The molecule has 4 amide bonds. The van der Waals surface area contributed by atoms with Crippen LogP contribution >= 0.6 is 0 Å². The smallest absolute Gasteiger partial charge is 0.289 e. The van der Waals surface area contributed by atoms with Crippen LogP contribution in [0.25, 0.3) is 0 Å². The number of allylic oxidation sites excluding steroid dienone is 1. The second-order valence-electron chi connectivity index (χ2n) is 13.1. The van der Waals surface area contributed by atoms with Crippen LogP contribution in [0.2, 0.25) is 0 Å². The van der Waals surface area contributed by atoms with E-state index in [0.717, 1.165) is 31.2 Å². The number of nitrogens with one attached hydrogen (secondary N) is 3. The van der Waals surface area contributed by atoms with Crippen molar-refractivity contribution >= 4 is 29.4 Å². The molecule has 9 nitrogen and oxygen atoms in total. The quantitative estimate of drug-likeness (QED) is 0.225. The molecule has 3 aliphatic rings. The molecular weight excluding hydrogens is 544 g/mol. The molecule has 43 heavy (non-hydrogen) atoms. The number of piperidine rings is 1. The Bertz CT molecular complexity index is 1190. The Hall–Kier alpha value is -3.49. The van der Waals surface area contributed by atoms with E-state index in [9.17, 15) is 24.0 Å². The maximum Gasteiger partial charge on any atom is 0.289 e. The number of likely N-dealkylation sites (tertiary alicyclic amines) is 1. The molecule has 234 valence electrons. The van der Waals surface area contributed by atoms with Crippen LogP contribution in [0.1, 0.15) is 77.7 Å². The van der Waals surface area contributed by atoms with Gasteiger partial charge in [-0.25, -0.2) is 0 Å².